The lowest BCUT2D eigenvalue weighted by Gasteiger charge is -2.16. The lowest BCUT2D eigenvalue weighted by molar-refractivity contribution is -0.121. The molecule has 3 rings (SSSR count). The van der Waals surface area contributed by atoms with E-state index in [1.165, 1.54) is 4.90 Å². The average Bonchev–Trinajstić information content (AvgIpc) is 2.76. The van der Waals surface area contributed by atoms with Gasteiger partial charge in [-0.2, -0.15) is 0 Å². The second kappa shape index (κ2) is 5.69. The number of halogens is 1. The van der Waals surface area contributed by atoms with Crippen molar-refractivity contribution in [3.05, 3.63) is 59.1 Å². The van der Waals surface area contributed by atoms with Gasteiger partial charge in [-0.05, 0) is 36.4 Å². The molecule has 1 unspecified atom stereocenters. The van der Waals surface area contributed by atoms with Gasteiger partial charge in [0.25, 0.3) is 5.91 Å². The third-order valence-corrected chi connectivity index (χ3v) is 3.87. The summed E-state index contributed by atoms with van der Waals surface area (Å²) in [5, 5.41) is 3.11. The highest BCUT2D eigenvalue weighted by atomic mass is 79.9. The summed E-state index contributed by atoms with van der Waals surface area (Å²) in [7, 11) is 0. The molecule has 1 saturated heterocycles. The third kappa shape index (κ3) is 2.83. The van der Waals surface area contributed by atoms with Crippen LogP contribution in [0.1, 0.15) is 6.42 Å². The number of carbonyl (C=O) groups is 2. The normalized spacial score (nSPS) is 18.1. The minimum absolute atomic E-state index is 0.170. The van der Waals surface area contributed by atoms with Crippen molar-refractivity contribution in [2.75, 3.05) is 10.2 Å². The Morgan fingerprint density at radius 3 is 2.33 bits per heavy atom. The van der Waals surface area contributed by atoms with Crippen molar-refractivity contribution in [2.45, 2.75) is 12.5 Å². The highest BCUT2D eigenvalue weighted by Gasteiger charge is 2.39. The number of carbonyl (C=O) groups excluding carboxylic acids is 2. The zero-order valence-electron chi connectivity index (χ0n) is 11.1. The lowest BCUT2D eigenvalue weighted by Crippen LogP contribution is -2.34. The van der Waals surface area contributed by atoms with E-state index in [1.807, 2.05) is 42.5 Å². The number of hydrogen-bond acceptors (Lipinski definition) is 3. The first-order valence-corrected chi connectivity index (χ1v) is 7.38. The maximum absolute atomic E-state index is 12.4. The quantitative estimate of drug-likeness (QED) is 0.870. The standard InChI is InChI=1S/C16H13BrN2O2/c17-11-6-8-13(9-7-11)19-15(20)10-14(16(19)21)18-12-4-2-1-3-5-12/h1-9,14,18H,10H2. The van der Waals surface area contributed by atoms with Crippen LogP contribution in [0, 0.1) is 0 Å². The van der Waals surface area contributed by atoms with Crippen LogP contribution in [-0.4, -0.2) is 17.9 Å². The fraction of sp³-hybridized carbons (Fsp3) is 0.125. The number of amides is 2. The first-order valence-electron chi connectivity index (χ1n) is 6.59. The minimum atomic E-state index is -0.511. The van der Waals surface area contributed by atoms with Crippen molar-refractivity contribution in [1.82, 2.24) is 0 Å². The summed E-state index contributed by atoms with van der Waals surface area (Å²) in [6, 6.07) is 16.0. The van der Waals surface area contributed by atoms with E-state index in [0.29, 0.717) is 5.69 Å². The third-order valence-electron chi connectivity index (χ3n) is 3.35. The topological polar surface area (TPSA) is 49.4 Å². The van der Waals surface area contributed by atoms with Crippen LogP contribution in [-0.2, 0) is 9.59 Å². The van der Waals surface area contributed by atoms with E-state index < -0.39 is 6.04 Å². The number of anilines is 2. The summed E-state index contributed by atoms with van der Waals surface area (Å²) in [5.74, 6) is -0.401. The number of nitrogens with zero attached hydrogens (tertiary/aromatic N) is 1. The molecule has 2 aromatic rings. The maximum atomic E-state index is 12.4. The molecule has 21 heavy (non-hydrogen) atoms. The van der Waals surface area contributed by atoms with Crippen LogP contribution >= 0.6 is 15.9 Å². The Balaban J connectivity index is 1.80. The predicted octanol–water partition coefficient (Wildman–Crippen LogP) is 3.19. The summed E-state index contributed by atoms with van der Waals surface area (Å²) >= 11 is 3.34. The number of rotatable bonds is 3. The molecule has 0 spiro atoms. The Bertz CT molecular complexity index is 670. The van der Waals surface area contributed by atoms with Crippen molar-refractivity contribution >= 4 is 39.1 Å². The van der Waals surface area contributed by atoms with Gasteiger partial charge < -0.3 is 5.32 Å². The fourth-order valence-corrected chi connectivity index (χ4v) is 2.61. The second-order valence-corrected chi connectivity index (χ2v) is 5.73. The molecule has 0 saturated carbocycles. The molecule has 1 N–H and O–H groups in total. The van der Waals surface area contributed by atoms with Crippen molar-refractivity contribution in [3.8, 4) is 0 Å². The Kier molecular flexibility index (Phi) is 3.75. The van der Waals surface area contributed by atoms with E-state index in [0.717, 1.165) is 10.2 Å². The Morgan fingerprint density at radius 1 is 1.00 bits per heavy atom. The van der Waals surface area contributed by atoms with Gasteiger partial charge in [-0.1, -0.05) is 34.1 Å². The minimum Gasteiger partial charge on any atom is -0.373 e. The molecule has 1 heterocycles. The molecule has 0 aromatic heterocycles. The monoisotopic (exact) mass is 344 g/mol. The molecule has 106 valence electrons. The fourth-order valence-electron chi connectivity index (χ4n) is 2.34. The van der Waals surface area contributed by atoms with Gasteiger partial charge in [0.05, 0.1) is 12.1 Å². The number of imide groups is 1. The predicted molar refractivity (Wildman–Crippen MR) is 85.1 cm³/mol. The summed E-state index contributed by atoms with van der Waals surface area (Å²) in [6.45, 7) is 0. The molecule has 0 aliphatic carbocycles. The molecule has 1 aliphatic rings. The van der Waals surface area contributed by atoms with Crippen molar-refractivity contribution in [3.63, 3.8) is 0 Å². The van der Waals surface area contributed by atoms with Crippen LogP contribution in [0.2, 0.25) is 0 Å². The van der Waals surface area contributed by atoms with Crippen LogP contribution in [0.3, 0.4) is 0 Å². The molecular weight excluding hydrogens is 332 g/mol. The van der Waals surface area contributed by atoms with E-state index in [1.54, 1.807) is 12.1 Å². The Labute approximate surface area is 130 Å². The van der Waals surface area contributed by atoms with Crippen LogP contribution < -0.4 is 10.2 Å². The highest BCUT2D eigenvalue weighted by Crippen LogP contribution is 2.26. The van der Waals surface area contributed by atoms with E-state index in [2.05, 4.69) is 21.2 Å². The number of para-hydroxylation sites is 1. The summed E-state index contributed by atoms with van der Waals surface area (Å²) in [4.78, 5) is 25.8. The average molecular weight is 345 g/mol. The number of hydrogen-bond donors (Lipinski definition) is 1. The lowest BCUT2D eigenvalue weighted by atomic mass is 10.2. The van der Waals surface area contributed by atoms with Crippen LogP contribution in [0.4, 0.5) is 11.4 Å². The van der Waals surface area contributed by atoms with Gasteiger partial charge in [-0.15, -0.1) is 0 Å². The summed E-state index contributed by atoms with van der Waals surface area (Å²) in [5.41, 5.74) is 1.44. The van der Waals surface area contributed by atoms with Crippen molar-refractivity contribution in [2.24, 2.45) is 0 Å². The van der Waals surface area contributed by atoms with Crippen LogP contribution in [0.15, 0.2) is 59.1 Å². The molecule has 5 heteroatoms. The highest BCUT2D eigenvalue weighted by molar-refractivity contribution is 9.10. The van der Waals surface area contributed by atoms with Crippen LogP contribution in [0.25, 0.3) is 0 Å². The van der Waals surface area contributed by atoms with Gasteiger partial charge in [0, 0.05) is 10.2 Å². The van der Waals surface area contributed by atoms with E-state index >= 15 is 0 Å². The van der Waals surface area contributed by atoms with Crippen LogP contribution in [0.5, 0.6) is 0 Å². The molecule has 1 aliphatic heterocycles. The zero-order valence-corrected chi connectivity index (χ0v) is 12.7. The number of nitrogens with one attached hydrogen (secondary N) is 1. The number of benzene rings is 2. The first kappa shape index (κ1) is 13.8. The summed E-state index contributed by atoms with van der Waals surface area (Å²) in [6.07, 6.45) is 0.170. The molecule has 4 nitrogen and oxygen atoms in total. The first-order chi connectivity index (χ1) is 10.1. The molecule has 2 amide bonds. The van der Waals surface area contributed by atoms with E-state index in [4.69, 9.17) is 0 Å². The molecule has 2 aromatic carbocycles. The van der Waals surface area contributed by atoms with Crippen molar-refractivity contribution < 1.29 is 9.59 Å². The summed E-state index contributed by atoms with van der Waals surface area (Å²) < 4.78 is 0.907. The Morgan fingerprint density at radius 2 is 1.67 bits per heavy atom. The molecule has 1 atom stereocenters. The smallest absolute Gasteiger partial charge is 0.256 e. The van der Waals surface area contributed by atoms with Gasteiger partial charge in [-0.25, -0.2) is 4.90 Å². The van der Waals surface area contributed by atoms with E-state index in [9.17, 15) is 9.59 Å². The molecule has 1 fully saturated rings. The Hall–Kier alpha value is -2.14. The van der Waals surface area contributed by atoms with Gasteiger partial charge in [0.15, 0.2) is 0 Å². The van der Waals surface area contributed by atoms with Gasteiger partial charge in [-0.3, -0.25) is 9.59 Å². The largest absolute Gasteiger partial charge is 0.373 e. The molecular formula is C16H13BrN2O2. The SMILES string of the molecule is O=C1CC(Nc2ccccc2)C(=O)N1c1ccc(Br)cc1. The van der Waals surface area contributed by atoms with Crippen molar-refractivity contribution in [1.29, 1.82) is 0 Å². The molecule has 0 radical (unpaired) electrons. The van der Waals surface area contributed by atoms with Gasteiger partial charge in [0.1, 0.15) is 6.04 Å². The maximum Gasteiger partial charge on any atom is 0.256 e. The van der Waals surface area contributed by atoms with Gasteiger partial charge >= 0.3 is 0 Å². The second-order valence-electron chi connectivity index (χ2n) is 4.81. The molecule has 0 bridgehead atoms. The van der Waals surface area contributed by atoms with Gasteiger partial charge in [0.2, 0.25) is 5.91 Å². The van der Waals surface area contributed by atoms with E-state index in [-0.39, 0.29) is 18.2 Å². The zero-order chi connectivity index (χ0) is 14.8.